The van der Waals surface area contributed by atoms with Gasteiger partial charge in [-0.25, -0.2) is 0 Å². The fourth-order valence-electron chi connectivity index (χ4n) is 1.90. The molecule has 2 heterocycles. The van der Waals surface area contributed by atoms with Gasteiger partial charge >= 0.3 is 6.18 Å². The number of hydrogen-bond acceptors (Lipinski definition) is 3. The van der Waals surface area contributed by atoms with E-state index in [9.17, 15) is 18.0 Å². The van der Waals surface area contributed by atoms with Crippen molar-refractivity contribution in [3.05, 3.63) is 21.9 Å². The third-order valence-corrected chi connectivity index (χ3v) is 3.80. The Labute approximate surface area is 107 Å². The normalized spacial score (nSPS) is 20.8. The Hall–Kier alpha value is -1.08. The van der Waals surface area contributed by atoms with E-state index in [4.69, 9.17) is 0 Å². The van der Waals surface area contributed by atoms with Crippen molar-refractivity contribution in [1.29, 1.82) is 0 Å². The molecule has 1 N–H and O–H groups in total. The average Bonchev–Trinajstić information content (AvgIpc) is 2.81. The molecular weight excluding hydrogens is 265 g/mol. The highest BCUT2D eigenvalue weighted by molar-refractivity contribution is 7.12. The van der Waals surface area contributed by atoms with Crippen LogP contribution in [-0.4, -0.2) is 30.1 Å². The first-order chi connectivity index (χ1) is 8.37. The minimum absolute atomic E-state index is 0.0967. The van der Waals surface area contributed by atoms with Gasteiger partial charge in [-0.05, 0) is 19.1 Å². The molecule has 100 valence electrons. The molecule has 0 aliphatic carbocycles. The Morgan fingerprint density at radius 1 is 1.50 bits per heavy atom. The topological polar surface area (TPSA) is 32.3 Å². The number of carbonyl (C=O) groups is 1. The van der Waals surface area contributed by atoms with Gasteiger partial charge in [0.25, 0.3) is 0 Å². The van der Waals surface area contributed by atoms with Crippen molar-refractivity contribution in [1.82, 2.24) is 10.2 Å². The molecule has 3 nitrogen and oxygen atoms in total. The van der Waals surface area contributed by atoms with E-state index in [1.165, 1.54) is 16.2 Å². The highest BCUT2D eigenvalue weighted by atomic mass is 32.1. The lowest BCUT2D eigenvalue weighted by Gasteiger charge is -2.23. The van der Waals surface area contributed by atoms with Gasteiger partial charge in [0, 0.05) is 16.3 Å². The Bertz CT molecular complexity index is 444. The lowest BCUT2D eigenvalue weighted by molar-refractivity contribution is -0.144. The molecule has 18 heavy (non-hydrogen) atoms. The number of alkyl halides is 3. The number of thiophene rings is 1. The predicted octanol–water partition coefficient (Wildman–Crippen LogP) is 2.44. The Kier molecular flexibility index (Phi) is 3.63. The second kappa shape index (κ2) is 4.89. The van der Waals surface area contributed by atoms with Crippen LogP contribution in [0.2, 0.25) is 0 Å². The fraction of sp³-hybridized carbons (Fsp3) is 0.545. The molecule has 0 spiro atoms. The first kappa shape index (κ1) is 13.4. The number of halogens is 3. The lowest BCUT2D eigenvalue weighted by atomic mass is 10.3. The molecule has 2 rings (SSSR count). The van der Waals surface area contributed by atoms with Crippen LogP contribution in [0.15, 0.2) is 12.1 Å². The highest BCUT2D eigenvalue weighted by Crippen LogP contribution is 2.30. The van der Waals surface area contributed by atoms with Gasteiger partial charge in [0.15, 0.2) is 0 Å². The number of rotatable bonds is 3. The van der Waals surface area contributed by atoms with Crippen LogP contribution in [0, 0.1) is 6.92 Å². The number of nitrogens with zero attached hydrogens (tertiary/aromatic N) is 1. The molecule has 0 saturated carbocycles. The van der Waals surface area contributed by atoms with Crippen LogP contribution in [0.4, 0.5) is 13.2 Å². The third-order valence-electron chi connectivity index (χ3n) is 2.75. The molecule has 1 aromatic heterocycles. The van der Waals surface area contributed by atoms with Crippen LogP contribution >= 0.6 is 11.3 Å². The van der Waals surface area contributed by atoms with Gasteiger partial charge in [-0.3, -0.25) is 10.1 Å². The molecule has 1 amide bonds. The van der Waals surface area contributed by atoms with Gasteiger partial charge in [-0.1, -0.05) is 0 Å². The summed E-state index contributed by atoms with van der Waals surface area (Å²) in [5.41, 5.74) is 0. The molecule has 1 unspecified atom stereocenters. The molecule has 1 saturated heterocycles. The number of carbonyl (C=O) groups excluding carboxylic acids is 1. The van der Waals surface area contributed by atoms with Crippen LogP contribution in [-0.2, 0) is 4.79 Å². The molecule has 7 heteroatoms. The maximum atomic E-state index is 12.2. The molecule has 1 aromatic rings. The van der Waals surface area contributed by atoms with E-state index in [1.54, 1.807) is 0 Å². The quantitative estimate of drug-likeness (QED) is 0.921. The zero-order valence-corrected chi connectivity index (χ0v) is 10.6. The number of nitrogens with one attached hydrogen (secondary N) is 1. The second-order valence-electron chi connectivity index (χ2n) is 4.18. The molecule has 1 aliphatic heterocycles. The summed E-state index contributed by atoms with van der Waals surface area (Å²) in [6.07, 6.45) is -5.63. The van der Waals surface area contributed by atoms with E-state index in [-0.39, 0.29) is 19.0 Å². The van der Waals surface area contributed by atoms with E-state index in [1.807, 2.05) is 19.1 Å². The summed E-state index contributed by atoms with van der Waals surface area (Å²) in [7, 11) is 0. The minimum Gasteiger partial charge on any atom is -0.321 e. The number of aryl methyl sites for hydroxylation is 1. The van der Waals surface area contributed by atoms with Crippen molar-refractivity contribution < 1.29 is 18.0 Å². The molecular formula is C11H13F3N2OS. The SMILES string of the molecule is Cc1ccc(C2NCC(=O)N2CCC(F)(F)F)s1. The van der Waals surface area contributed by atoms with Crippen molar-refractivity contribution >= 4 is 17.2 Å². The van der Waals surface area contributed by atoms with Crippen LogP contribution in [0.3, 0.4) is 0 Å². The van der Waals surface area contributed by atoms with Crippen LogP contribution in [0.25, 0.3) is 0 Å². The molecule has 0 bridgehead atoms. The summed E-state index contributed by atoms with van der Waals surface area (Å²) in [5.74, 6) is -0.282. The monoisotopic (exact) mass is 278 g/mol. The average molecular weight is 278 g/mol. The van der Waals surface area contributed by atoms with Gasteiger partial charge in [-0.2, -0.15) is 13.2 Å². The van der Waals surface area contributed by atoms with Crippen molar-refractivity contribution in [3.8, 4) is 0 Å². The zero-order chi connectivity index (χ0) is 13.3. The summed E-state index contributed by atoms with van der Waals surface area (Å²) < 4.78 is 36.6. The number of hydrogen-bond donors (Lipinski definition) is 1. The molecule has 1 fully saturated rings. The van der Waals surface area contributed by atoms with Crippen LogP contribution in [0.1, 0.15) is 22.3 Å². The Morgan fingerprint density at radius 2 is 2.22 bits per heavy atom. The summed E-state index contributed by atoms with van der Waals surface area (Å²) in [5, 5.41) is 2.94. The lowest BCUT2D eigenvalue weighted by Crippen LogP contribution is -2.33. The fourth-order valence-corrected chi connectivity index (χ4v) is 2.86. The first-order valence-corrected chi connectivity index (χ1v) is 6.34. The van der Waals surface area contributed by atoms with E-state index in [2.05, 4.69) is 5.32 Å². The maximum Gasteiger partial charge on any atom is 0.390 e. The summed E-state index contributed by atoms with van der Waals surface area (Å²) in [6, 6.07) is 3.74. The van der Waals surface area contributed by atoms with E-state index in [0.717, 1.165) is 9.75 Å². The highest BCUT2D eigenvalue weighted by Gasteiger charge is 2.36. The van der Waals surface area contributed by atoms with Crippen LogP contribution < -0.4 is 5.32 Å². The summed E-state index contributed by atoms with van der Waals surface area (Å²) >= 11 is 1.49. The summed E-state index contributed by atoms with van der Waals surface area (Å²) in [6.45, 7) is 1.72. The third kappa shape index (κ3) is 3.02. The Morgan fingerprint density at radius 3 is 2.78 bits per heavy atom. The van der Waals surface area contributed by atoms with Crippen molar-refractivity contribution in [3.63, 3.8) is 0 Å². The summed E-state index contributed by atoms with van der Waals surface area (Å²) in [4.78, 5) is 14.8. The molecule has 1 aliphatic rings. The van der Waals surface area contributed by atoms with Crippen LogP contribution in [0.5, 0.6) is 0 Å². The Balaban J connectivity index is 2.08. The molecule has 0 aromatic carbocycles. The van der Waals surface area contributed by atoms with E-state index >= 15 is 0 Å². The van der Waals surface area contributed by atoms with Crippen molar-refractivity contribution in [2.75, 3.05) is 13.1 Å². The predicted molar refractivity (Wildman–Crippen MR) is 62.2 cm³/mol. The zero-order valence-electron chi connectivity index (χ0n) is 9.75. The largest absolute Gasteiger partial charge is 0.390 e. The van der Waals surface area contributed by atoms with Crippen molar-refractivity contribution in [2.24, 2.45) is 0 Å². The van der Waals surface area contributed by atoms with Gasteiger partial charge in [0.2, 0.25) is 5.91 Å². The standard InChI is InChI=1S/C11H13F3N2OS/c1-7-2-3-8(18-7)10-15-6-9(17)16(10)5-4-11(12,13)14/h2-3,10,15H,4-6H2,1H3. The molecule has 0 radical (unpaired) electrons. The molecule has 1 atom stereocenters. The van der Waals surface area contributed by atoms with Crippen molar-refractivity contribution in [2.45, 2.75) is 25.7 Å². The second-order valence-corrected chi connectivity index (χ2v) is 5.50. The first-order valence-electron chi connectivity index (χ1n) is 5.53. The van der Waals surface area contributed by atoms with E-state index < -0.39 is 18.8 Å². The van der Waals surface area contributed by atoms with E-state index in [0.29, 0.717) is 0 Å². The number of amides is 1. The van der Waals surface area contributed by atoms with Gasteiger partial charge < -0.3 is 4.90 Å². The smallest absolute Gasteiger partial charge is 0.321 e. The van der Waals surface area contributed by atoms with Gasteiger partial charge in [-0.15, -0.1) is 11.3 Å². The minimum atomic E-state index is -4.24. The van der Waals surface area contributed by atoms with Gasteiger partial charge in [0.1, 0.15) is 6.17 Å². The van der Waals surface area contributed by atoms with Gasteiger partial charge in [0.05, 0.1) is 13.0 Å². The maximum absolute atomic E-state index is 12.2.